The van der Waals surface area contributed by atoms with Crippen LogP contribution in [-0.4, -0.2) is 27.5 Å². The van der Waals surface area contributed by atoms with Crippen LogP contribution < -0.4 is 0 Å². The Morgan fingerprint density at radius 2 is 1.32 bits per heavy atom. The quantitative estimate of drug-likeness (QED) is 0.131. The van der Waals surface area contributed by atoms with Crippen LogP contribution in [-0.2, 0) is 9.53 Å². The van der Waals surface area contributed by atoms with Crippen molar-refractivity contribution in [1.82, 2.24) is 9.55 Å². The molecular weight excluding hydrogens is 388 g/mol. The van der Waals surface area contributed by atoms with Gasteiger partial charge in [0.1, 0.15) is 12.4 Å². The number of hydrogen-bond acceptors (Lipinski definition) is 4. The Morgan fingerprint density at radius 3 is 1.81 bits per heavy atom. The molecule has 5 heteroatoms. The van der Waals surface area contributed by atoms with E-state index in [1.54, 1.807) is 6.20 Å². The van der Waals surface area contributed by atoms with Gasteiger partial charge >= 0.3 is 5.97 Å². The monoisotopic (exact) mass is 432 g/mol. The molecule has 176 valence electrons. The molecule has 0 amide bonds. The molecule has 0 fully saturated rings. The first-order valence-corrected chi connectivity index (χ1v) is 12.6. The number of nitrogens with zero attached hydrogens (tertiary/aromatic N) is 2. The maximum atomic E-state index is 12.3. The van der Waals surface area contributed by atoms with E-state index in [9.17, 15) is 9.59 Å². The summed E-state index contributed by atoms with van der Waals surface area (Å²) in [5.41, 5.74) is 0. The molecule has 1 atom stereocenters. The van der Waals surface area contributed by atoms with Crippen molar-refractivity contribution in [3.05, 3.63) is 30.9 Å². The van der Waals surface area contributed by atoms with Crippen LogP contribution in [0.3, 0.4) is 0 Å². The van der Waals surface area contributed by atoms with Crippen molar-refractivity contribution in [3.63, 3.8) is 0 Å². The third-order valence-electron chi connectivity index (χ3n) is 5.66. The van der Waals surface area contributed by atoms with Gasteiger partial charge in [-0.25, -0.2) is 9.78 Å². The third kappa shape index (κ3) is 14.7. The number of hydrogen-bond donors (Lipinski definition) is 0. The number of rotatable bonds is 19. The zero-order valence-electron chi connectivity index (χ0n) is 19.9. The van der Waals surface area contributed by atoms with E-state index in [0.29, 0.717) is 0 Å². The van der Waals surface area contributed by atoms with Gasteiger partial charge in [-0.2, -0.15) is 0 Å². The summed E-state index contributed by atoms with van der Waals surface area (Å²) >= 11 is 0. The predicted octanol–water partition coefficient (Wildman–Crippen LogP) is 7.27. The van der Waals surface area contributed by atoms with E-state index in [0.717, 1.165) is 25.7 Å². The molecule has 1 heterocycles. The number of ether oxygens (including phenoxy) is 1. The first-order chi connectivity index (χ1) is 15.2. The Hall–Kier alpha value is -1.91. The molecule has 0 aliphatic carbocycles. The minimum Gasteiger partial charge on any atom is -0.459 e. The van der Waals surface area contributed by atoms with E-state index in [2.05, 4.69) is 18.8 Å². The SMILES string of the molecule is CCCCCCCCCCC(CCCCCCCC)OC(=O)/C=C/C(=O)n1ccnc1. The van der Waals surface area contributed by atoms with E-state index in [1.807, 2.05) is 0 Å². The maximum Gasteiger partial charge on any atom is 0.331 e. The van der Waals surface area contributed by atoms with Gasteiger partial charge in [-0.05, 0) is 25.7 Å². The molecule has 0 aromatic carbocycles. The lowest BCUT2D eigenvalue weighted by Gasteiger charge is -2.17. The molecule has 0 radical (unpaired) electrons. The van der Waals surface area contributed by atoms with Gasteiger partial charge in [0.25, 0.3) is 5.91 Å². The van der Waals surface area contributed by atoms with E-state index in [-0.39, 0.29) is 12.0 Å². The third-order valence-corrected chi connectivity index (χ3v) is 5.66. The summed E-state index contributed by atoms with van der Waals surface area (Å²) in [6.07, 6.45) is 26.3. The number of carbonyl (C=O) groups is 2. The molecule has 0 aliphatic heterocycles. The van der Waals surface area contributed by atoms with Gasteiger partial charge < -0.3 is 4.74 Å². The van der Waals surface area contributed by atoms with Crippen LogP contribution in [0.1, 0.15) is 121 Å². The van der Waals surface area contributed by atoms with E-state index >= 15 is 0 Å². The molecule has 1 aromatic rings. The van der Waals surface area contributed by atoms with Crippen LogP contribution >= 0.6 is 0 Å². The van der Waals surface area contributed by atoms with Crippen molar-refractivity contribution in [3.8, 4) is 0 Å². The average Bonchev–Trinajstić information content (AvgIpc) is 3.31. The largest absolute Gasteiger partial charge is 0.459 e. The number of esters is 1. The van der Waals surface area contributed by atoms with Gasteiger partial charge in [0.15, 0.2) is 0 Å². The van der Waals surface area contributed by atoms with E-state index in [4.69, 9.17) is 4.74 Å². The lowest BCUT2D eigenvalue weighted by Crippen LogP contribution is -2.17. The fraction of sp³-hybridized carbons (Fsp3) is 0.731. The van der Waals surface area contributed by atoms with Crippen molar-refractivity contribution >= 4 is 11.9 Å². The number of aromatic nitrogens is 2. The minimum absolute atomic E-state index is 0.0493. The molecule has 1 rings (SSSR count). The molecule has 0 bridgehead atoms. The van der Waals surface area contributed by atoms with Gasteiger partial charge in [-0.15, -0.1) is 0 Å². The smallest absolute Gasteiger partial charge is 0.331 e. The van der Waals surface area contributed by atoms with Gasteiger partial charge in [-0.3, -0.25) is 9.36 Å². The van der Waals surface area contributed by atoms with Crippen LogP contribution in [0.25, 0.3) is 0 Å². The second-order valence-corrected chi connectivity index (χ2v) is 8.52. The highest BCUT2D eigenvalue weighted by Crippen LogP contribution is 2.17. The number of carbonyl (C=O) groups excluding carboxylic acids is 2. The second kappa shape index (κ2) is 18.8. The van der Waals surface area contributed by atoms with Crippen molar-refractivity contribution in [2.75, 3.05) is 0 Å². The van der Waals surface area contributed by atoms with Crippen molar-refractivity contribution in [1.29, 1.82) is 0 Å². The summed E-state index contributed by atoms with van der Waals surface area (Å²) in [6.45, 7) is 4.47. The second-order valence-electron chi connectivity index (χ2n) is 8.52. The average molecular weight is 433 g/mol. The molecule has 1 unspecified atom stereocenters. The Kier molecular flexibility index (Phi) is 16.5. The lowest BCUT2D eigenvalue weighted by molar-refractivity contribution is -0.143. The zero-order chi connectivity index (χ0) is 22.6. The van der Waals surface area contributed by atoms with Crippen LogP contribution in [0.5, 0.6) is 0 Å². The summed E-state index contributed by atoms with van der Waals surface area (Å²) in [6, 6.07) is 0. The Labute approximate surface area is 189 Å². The van der Waals surface area contributed by atoms with Crippen LogP contribution in [0.2, 0.25) is 0 Å². The normalized spacial score (nSPS) is 12.3. The Balaban J connectivity index is 2.35. The molecule has 0 aliphatic rings. The molecular formula is C26H44N2O3. The predicted molar refractivity (Wildman–Crippen MR) is 127 cm³/mol. The highest BCUT2D eigenvalue weighted by Gasteiger charge is 2.13. The van der Waals surface area contributed by atoms with Gasteiger partial charge in [0.2, 0.25) is 0 Å². The molecule has 5 nitrogen and oxygen atoms in total. The minimum atomic E-state index is -0.427. The summed E-state index contributed by atoms with van der Waals surface area (Å²) in [7, 11) is 0. The molecule has 0 saturated carbocycles. The fourth-order valence-corrected chi connectivity index (χ4v) is 3.74. The first kappa shape index (κ1) is 27.1. The molecule has 31 heavy (non-hydrogen) atoms. The number of allylic oxidation sites excluding steroid dienone is 1. The highest BCUT2D eigenvalue weighted by molar-refractivity contribution is 5.95. The summed E-state index contributed by atoms with van der Waals surface area (Å²) < 4.78 is 7.03. The molecule has 0 saturated heterocycles. The van der Waals surface area contributed by atoms with Crippen LogP contribution in [0, 0.1) is 0 Å². The Morgan fingerprint density at radius 1 is 0.806 bits per heavy atom. The summed E-state index contributed by atoms with van der Waals surface area (Å²) in [5, 5.41) is 0. The lowest BCUT2D eigenvalue weighted by atomic mass is 10.0. The van der Waals surface area contributed by atoms with Crippen molar-refractivity contribution in [2.45, 2.75) is 123 Å². The topological polar surface area (TPSA) is 61.2 Å². The van der Waals surface area contributed by atoms with Crippen LogP contribution in [0.15, 0.2) is 30.9 Å². The first-order valence-electron chi connectivity index (χ1n) is 12.6. The van der Waals surface area contributed by atoms with Gasteiger partial charge in [0.05, 0.1) is 0 Å². The summed E-state index contributed by atoms with van der Waals surface area (Å²) in [5.74, 6) is -0.728. The number of imidazole rings is 1. The standard InChI is InChI=1S/C26H44N2O3/c1-3-5-7-9-11-12-14-16-18-24(17-15-13-10-8-6-4-2)31-26(30)20-19-25(29)28-22-21-27-23-28/h19-24H,3-18H2,1-2H3/b20-19+. The fourth-order valence-electron chi connectivity index (χ4n) is 3.74. The zero-order valence-corrected chi connectivity index (χ0v) is 19.9. The molecule has 1 aromatic heterocycles. The summed E-state index contributed by atoms with van der Waals surface area (Å²) in [4.78, 5) is 28.1. The van der Waals surface area contributed by atoms with Crippen molar-refractivity contribution < 1.29 is 14.3 Å². The van der Waals surface area contributed by atoms with Crippen LogP contribution in [0.4, 0.5) is 0 Å². The van der Waals surface area contributed by atoms with Crippen molar-refractivity contribution in [2.24, 2.45) is 0 Å². The van der Waals surface area contributed by atoms with E-state index < -0.39 is 5.97 Å². The number of unbranched alkanes of at least 4 members (excludes halogenated alkanes) is 12. The van der Waals surface area contributed by atoms with Gasteiger partial charge in [0, 0.05) is 24.5 Å². The highest BCUT2D eigenvalue weighted by atomic mass is 16.5. The van der Waals surface area contributed by atoms with E-state index in [1.165, 1.54) is 106 Å². The Bertz CT molecular complexity index is 596. The molecule has 0 N–H and O–H groups in total. The molecule has 0 spiro atoms. The maximum absolute atomic E-state index is 12.3. The van der Waals surface area contributed by atoms with Gasteiger partial charge in [-0.1, -0.05) is 90.9 Å².